The van der Waals surface area contributed by atoms with Gasteiger partial charge in [0.25, 0.3) is 0 Å². The van der Waals surface area contributed by atoms with Crippen molar-refractivity contribution >= 4 is 21.2 Å². The zero-order valence-corrected chi connectivity index (χ0v) is 12.4. The van der Waals surface area contributed by atoms with Crippen molar-refractivity contribution in [3.63, 3.8) is 0 Å². The van der Waals surface area contributed by atoms with Crippen LogP contribution in [0.4, 0.5) is 11.4 Å². The average Bonchev–Trinajstić information content (AvgIpc) is 2.46. The van der Waals surface area contributed by atoms with Crippen LogP contribution >= 0.6 is 0 Å². The molecule has 5 heteroatoms. The molecular formula is C16H12N2O2S. The largest absolute Gasteiger partial charge is 0.238 e. The Kier molecular flexibility index (Phi) is 3.80. The minimum Gasteiger partial charge on any atom is -0.238 e. The summed E-state index contributed by atoms with van der Waals surface area (Å²) in [5, 5.41) is 0. The van der Waals surface area contributed by atoms with Gasteiger partial charge in [0.1, 0.15) is 0 Å². The summed E-state index contributed by atoms with van der Waals surface area (Å²) in [6.45, 7) is 17.3. The van der Waals surface area contributed by atoms with Crippen molar-refractivity contribution in [1.29, 1.82) is 0 Å². The molecule has 2 aromatic carbocycles. The van der Waals surface area contributed by atoms with Gasteiger partial charge in [-0.25, -0.2) is 18.1 Å². The van der Waals surface area contributed by atoms with Crippen molar-refractivity contribution in [1.82, 2.24) is 0 Å². The monoisotopic (exact) mass is 296 g/mol. The third-order valence-electron chi connectivity index (χ3n) is 3.15. The van der Waals surface area contributed by atoms with Gasteiger partial charge in [0, 0.05) is 0 Å². The topological polar surface area (TPSA) is 42.9 Å². The maximum Gasteiger partial charge on any atom is 0.206 e. The van der Waals surface area contributed by atoms with Gasteiger partial charge in [0.15, 0.2) is 11.4 Å². The van der Waals surface area contributed by atoms with Crippen LogP contribution in [-0.2, 0) is 9.84 Å². The molecule has 0 saturated heterocycles. The molecule has 0 aromatic heterocycles. The standard InChI is InChI=1S/C16H12N2O2S/c1-11-9-13(17-3)5-7-15(11)21(19,20)16-8-6-14(18-4)10-12(16)2/h5-10H,1-2H3. The highest BCUT2D eigenvalue weighted by molar-refractivity contribution is 7.91. The van der Waals surface area contributed by atoms with Gasteiger partial charge in [0.05, 0.1) is 22.9 Å². The molecule has 0 aliphatic carbocycles. The second kappa shape index (κ2) is 5.40. The fourth-order valence-corrected chi connectivity index (χ4v) is 3.82. The quantitative estimate of drug-likeness (QED) is 0.778. The number of nitrogens with zero attached hydrogens (tertiary/aromatic N) is 2. The average molecular weight is 296 g/mol. The number of benzene rings is 2. The highest BCUT2D eigenvalue weighted by Gasteiger charge is 2.22. The third kappa shape index (κ3) is 2.65. The summed E-state index contributed by atoms with van der Waals surface area (Å²) in [5.74, 6) is 0. The summed E-state index contributed by atoms with van der Waals surface area (Å²) in [6.07, 6.45) is 0. The first-order valence-electron chi connectivity index (χ1n) is 6.11. The predicted octanol–water partition coefficient (Wildman–Crippen LogP) is 4.24. The molecule has 21 heavy (non-hydrogen) atoms. The van der Waals surface area contributed by atoms with E-state index in [0.717, 1.165) is 0 Å². The van der Waals surface area contributed by atoms with E-state index in [-0.39, 0.29) is 9.79 Å². The molecule has 2 aromatic rings. The molecular weight excluding hydrogens is 284 g/mol. The second-order valence-electron chi connectivity index (χ2n) is 4.63. The maximum absolute atomic E-state index is 12.7. The number of sulfone groups is 1. The van der Waals surface area contributed by atoms with E-state index in [9.17, 15) is 8.42 Å². The van der Waals surface area contributed by atoms with Gasteiger partial charge < -0.3 is 0 Å². The Morgan fingerprint density at radius 1 is 0.810 bits per heavy atom. The molecule has 0 heterocycles. The molecule has 0 bridgehead atoms. The van der Waals surface area contributed by atoms with Crippen molar-refractivity contribution in [2.45, 2.75) is 23.6 Å². The number of hydrogen-bond donors (Lipinski definition) is 0. The molecule has 0 saturated carbocycles. The molecule has 0 N–H and O–H groups in total. The van der Waals surface area contributed by atoms with Gasteiger partial charge in [-0.05, 0) is 25.0 Å². The van der Waals surface area contributed by atoms with Crippen LogP contribution in [0.25, 0.3) is 9.69 Å². The second-order valence-corrected chi connectivity index (χ2v) is 6.51. The van der Waals surface area contributed by atoms with Crippen molar-refractivity contribution in [2.75, 3.05) is 0 Å². The number of aryl methyl sites for hydroxylation is 2. The molecule has 0 spiro atoms. The highest BCUT2D eigenvalue weighted by atomic mass is 32.2. The summed E-state index contributed by atoms with van der Waals surface area (Å²) in [7, 11) is -3.66. The molecule has 104 valence electrons. The zero-order valence-electron chi connectivity index (χ0n) is 11.6. The van der Waals surface area contributed by atoms with Gasteiger partial charge in [-0.15, -0.1) is 0 Å². The first kappa shape index (κ1) is 14.8. The van der Waals surface area contributed by atoms with Crippen LogP contribution in [0.15, 0.2) is 46.2 Å². The van der Waals surface area contributed by atoms with E-state index in [0.29, 0.717) is 22.5 Å². The highest BCUT2D eigenvalue weighted by Crippen LogP contribution is 2.30. The fourth-order valence-electron chi connectivity index (χ4n) is 2.13. The van der Waals surface area contributed by atoms with Crippen molar-refractivity contribution in [3.8, 4) is 0 Å². The van der Waals surface area contributed by atoms with Crippen LogP contribution in [0.5, 0.6) is 0 Å². The normalized spacial score (nSPS) is 10.7. The van der Waals surface area contributed by atoms with Gasteiger partial charge >= 0.3 is 0 Å². The van der Waals surface area contributed by atoms with Gasteiger partial charge in [-0.3, -0.25) is 0 Å². The van der Waals surface area contributed by atoms with Crippen LogP contribution in [0.1, 0.15) is 11.1 Å². The third-order valence-corrected chi connectivity index (χ3v) is 5.23. The lowest BCUT2D eigenvalue weighted by Crippen LogP contribution is -2.05. The fraction of sp³-hybridized carbons (Fsp3) is 0.125. The Morgan fingerprint density at radius 3 is 1.48 bits per heavy atom. The summed E-state index contributed by atoms with van der Waals surface area (Å²) < 4.78 is 25.4. The molecule has 0 atom stereocenters. The Morgan fingerprint density at radius 2 is 1.19 bits per heavy atom. The van der Waals surface area contributed by atoms with E-state index in [1.807, 2.05) is 0 Å². The van der Waals surface area contributed by atoms with Crippen molar-refractivity contribution < 1.29 is 8.42 Å². The lowest BCUT2D eigenvalue weighted by molar-refractivity contribution is 0.595. The lowest BCUT2D eigenvalue weighted by Gasteiger charge is -2.11. The molecule has 0 aliphatic rings. The van der Waals surface area contributed by atoms with Gasteiger partial charge in [-0.2, -0.15) is 0 Å². The number of rotatable bonds is 2. The Labute approximate surface area is 124 Å². The maximum atomic E-state index is 12.7. The van der Waals surface area contributed by atoms with Gasteiger partial charge in [0.2, 0.25) is 9.84 Å². The zero-order chi connectivity index (χ0) is 15.6. The summed E-state index contributed by atoms with van der Waals surface area (Å²) >= 11 is 0. The smallest absolute Gasteiger partial charge is 0.206 e. The van der Waals surface area contributed by atoms with Crippen LogP contribution in [0.2, 0.25) is 0 Å². The van der Waals surface area contributed by atoms with E-state index in [2.05, 4.69) is 9.69 Å². The van der Waals surface area contributed by atoms with E-state index in [1.165, 1.54) is 24.3 Å². The van der Waals surface area contributed by atoms with Crippen LogP contribution in [-0.4, -0.2) is 8.42 Å². The molecule has 4 nitrogen and oxygen atoms in total. The van der Waals surface area contributed by atoms with Crippen LogP contribution in [0, 0.1) is 27.0 Å². The van der Waals surface area contributed by atoms with E-state index < -0.39 is 9.84 Å². The molecule has 0 radical (unpaired) electrons. The van der Waals surface area contributed by atoms with E-state index in [1.54, 1.807) is 26.0 Å². The molecule has 0 aliphatic heterocycles. The Balaban J connectivity index is 2.64. The van der Waals surface area contributed by atoms with Crippen LogP contribution < -0.4 is 0 Å². The predicted molar refractivity (Wildman–Crippen MR) is 80.3 cm³/mol. The summed E-state index contributed by atoms with van der Waals surface area (Å²) in [6, 6.07) is 9.03. The first-order chi connectivity index (χ1) is 9.90. The van der Waals surface area contributed by atoms with Crippen molar-refractivity contribution in [2.24, 2.45) is 0 Å². The Bertz CT molecular complexity index is 831. The molecule has 2 rings (SSSR count). The SMILES string of the molecule is [C-]#[N+]c1ccc(S(=O)(=O)c2ccc([N+]#[C-])cc2C)c(C)c1. The Hall–Kier alpha value is -2.63. The van der Waals surface area contributed by atoms with Gasteiger partial charge in [-0.1, -0.05) is 36.4 Å². The molecule has 0 unspecified atom stereocenters. The number of hydrogen-bond acceptors (Lipinski definition) is 2. The molecule has 0 fully saturated rings. The minimum atomic E-state index is -3.66. The van der Waals surface area contributed by atoms with Crippen molar-refractivity contribution in [3.05, 3.63) is 70.4 Å². The minimum absolute atomic E-state index is 0.188. The lowest BCUT2D eigenvalue weighted by atomic mass is 10.2. The summed E-state index contributed by atoms with van der Waals surface area (Å²) in [4.78, 5) is 6.96. The van der Waals surface area contributed by atoms with E-state index in [4.69, 9.17) is 13.1 Å². The summed E-state index contributed by atoms with van der Waals surface area (Å²) in [5.41, 5.74) is 1.90. The van der Waals surface area contributed by atoms with E-state index >= 15 is 0 Å². The van der Waals surface area contributed by atoms with Crippen LogP contribution in [0.3, 0.4) is 0 Å². The first-order valence-corrected chi connectivity index (χ1v) is 7.60. The molecule has 0 amide bonds.